The summed E-state index contributed by atoms with van der Waals surface area (Å²) in [7, 11) is -3.99. The fourth-order valence-corrected chi connectivity index (χ4v) is 5.70. The number of carbonyl (C=O) groups excluding carboxylic acids is 2. The summed E-state index contributed by atoms with van der Waals surface area (Å²) in [4.78, 5) is 25.4. The van der Waals surface area contributed by atoms with Gasteiger partial charge < -0.3 is 10.1 Å². The minimum absolute atomic E-state index is 0.0338. The molecule has 7 nitrogen and oxygen atoms in total. The van der Waals surface area contributed by atoms with Crippen LogP contribution in [0.15, 0.2) is 77.7 Å². The maximum Gasteiger partial charge on any atom is 0.316 e. The Bertz CT molecular complexity index is 1380. The molecule has 0 heterocycles. The molecule has 1 fully saturated rings. The summed E-state index contributed by atoms with van der Waals surface area (Å²) in [5.74, 6) is -0.712. The molecule has 9 heteroatoms. The van der Waals surface area contributed by atoms with Crippen LogP contribution in [0, 0.1) is 6.92 Å². The fraction of sp³-hybridized carbons (Fsp3) is 0.286. The monoisotopic (exact) mass is 540 g/mol. The van der Waals surface area contributed by atoms with Gasteiger partial charge in [-0.3, -0.25) is 9.59 Å². The first-order chi connectivity index (χ1) is 17.7. The second-order valence-electron chi connectivity index (χ2n) is 9.08. The molecule has 3 aromatic carbocycles. The zero-order chi connectivity index (χ0) is 26.6. The van der Waals surface area contributed by atoms with Crippen LogP contribution in [0.5, 0.6) is 0 Å². The van der Waals surface area contributed by atoms with Gasteiger partial charge in [0.25, 0.3) is 0 Å². The lowest BCUT2D eigenvalue weighted by molar-refractivity contribution is -0.146. The van der Waals surface area contributed by atoms with Gasteiger partial charge in [-0.15, -0.1) is 0 Å². The molecule has 0 aromatic heterocycles. The Hall–Kier alpha value is -3.20. The largest absolute Gasteiger partial charge is 0.465 e. The Labute approximate surface area is 222 Å². The lowest BCUT2D eigenvalue weighted by Gasteiger charge is -2.23. The number of sulfonamides is 1. The second-order valence-corrected chi connectivity index (χ2v) is 11.5. The van der Waals surface area contributed by atoms with Gasteiger partial charge in [-0.2, -0.15) is 4.31 Å². The predicted octanol–water partition coefficient (Wildman–Crippen LogP) is 5.07. The van der Waals surface area contributed by atoms with Crippen molar-refractivity contribution in [2.45, 2.75) is 43.5 Å². The van der Waals surface area contributed by atoms with Crippen LogP contribution in [0.4, 0.5) is 5.69 Å². The molecular weight excluding hydrogens is 512 g/mol. The maximum atomic E-state index is 13.5. The summed E-state index contributed by atoms with van der Waals surface area (Å²) in [6.07, 6.45) is 1.46. The SMILES string of the molecule is CCOC(=O)C1(c2ccc(NC(=O)CN(Cc3ccccc3C)S(=O)(=O)c3ccc(Cl)cc3)cc2)CC1. The van der Waals surface area contributed by atoms with Crippen molar-refractivity contribution < 1.29 is 22.7 Å². The highest BCUT2D eigenvalue weighted by atomic mass is 35.5. The summed E-state index contributed by atoms with van der Waals surface area (Å²) in [5.41, 5.74) is 2.47. The van der Waals surface area contributed by atoms with E-state index >= 15 is 0 Å². The van der Waals surface area contributed by atoms with Crippen LogP contribution < -0.4 is 5.32 Å². The first-order valence-electron chi connectivity index (χ1n) is 12.0. The van der Waals surface area contributed by atoms with Gasteiger partial charge in [-0.25, -0.2) is 8.42 Å². The summed E-state index contributed by atoms with van der Waals surface area (Å²) < 4.78 is 33.3. The lowest BCUT2D eigenvalue weighted by Crippen LogP contribution is -2.37. The molecule has 1 amide bonds. The number of nitrogens with zero attached hydrogens (tertiary/aromatic N) is 1. The molecule has 3 aromatic rings. The normalized spacial score (nSPS) is 14.3. The van der Waals surface area contributed by atoms with Crippen LogP contribution in [0.1, 0.15) is 36.5 Å². The molecule has 194 valence electrons. The molecular formula is C28H29ClN2O5S. The highest BCUT2D eigenvalue weighted by molar-refractivity contribution is 7.89. The number of ether oxygens (including phenoxy) is 1. The zero-order valence-corrected chi connectivity index (χ0v) is 22.3. The number of aryl methyl sites for hydroxylation is 1. The Morgan fingerprint density at radius 1 is 1.00 bits per heavy atom. The molecule has 1 aliphatic rings. The smallest absolute Gasteiger partial charge is 0.316 e. The Morgan fingerprint density at radius 2 is 1.65 bits per heavy atom. The van der Waals surface area contributed by atoms with Crippen molar-refractivity contribution in [3.05, 3.63) is 94.5 Å². The van der Waals surface area contributed by atoms with Crippen molar-refractivity contribution in [1.82, 2.24) is 4.31 Å². The van der Waals surface area contributed by atoms with Crippen molar-refractivity contribution in [1.29, 1.82) is 0 Å². The third kappa shape index (κ3) is 6.04. The van der Waals surface area contributed by atoms with E-state index in [4.69, 9.17) is 16.3 Å². The van der Waals surface area contributed by atoms with E-state index < -0.39 is 21.3 Å². The average Bonchev–Trinajstić information content (AvgIpc) is 3.68. The number of hydrogen-bond donors (Lipinski definition) is 1. The third-order valence-electron chi connectivity index (χ3n) is 6.52. The van der Waals surface area contributed by atoms with Crippen LogP contribution in [-0.2, 0) is 36.3 Å². The minimum atomic E-state index is -3.99. The number of carbonyl (C=O) groups is 2. The topological polar surface area (TPSA) is 92.8 Å². The average molecular weight is 541 g/mol. The lowest BCUT2D eigenvalue weighted by atomic mass is 9.96. The van der Waals surface area contributed by atoms with Crippen molar-refractivity contribution >= 4 is 39.2 Å². The number of amides is 1. The Balaban J connectivity index is 1.52. The van der Waals surface area contributed by atoms with Crippen molar-refractivity contribution in [3.63, 3.8) is 0 Å². The van der Waals surface area contributed by atoms with Crippen molar-refractivity contribution in [2.24, 2.45) is 0 Å². The van der Waals surface area contributed by atoms with E-state index in [0.717, 1.165) is 33.8 Å². The summed E-state index contributed by atoms with van der Waals surface area (Å²) >= 11 is 5.94. The van der Waals surface area contributed by atoms with E-state index in [1.807, 2.05) is 31.2 Å². The van der Waals surface area contributed by atoms with E-state index in [1.54, 1.807) is 31.2 Å². The van der Waals surface area contributed by atoms with Crippen LogP contribution in [0.2, 0.25) is 5.02 Å². The molecule has 1 saturated carbocycles. The molecule has 1 aliphatic carbocycles. The van der Waals surface area contributed by atoms with Crippen molar-refractivity contribution in [3.8, 4) is 0 Å². The van der Waals surface area contributed by atoms with Gasteiger partial charge in [-0.05, 0) is 79.8 Å². The molecule has 0 aliphatic heterocycles. The number of halogens is 1. The quantitative estimate of drug-likeness (QED) is 0.362. The van der Waals surface area contributed by atoms with Gasteiger partial charge in [0.2, 0.25) is 15.9 Å². The van der Waals surface area contributed by atoms with Crippen LogP contribution >= 0.6 is 11.6 Å². The molecule has 4 rings (SSSR count). The molecule has 1 N–H and O–H groups in total. The minimum Gasteiger partial charge on any atom is -0.465 e. The van der Waals surface area contributed by atoms with Crippen molar-refractivity contribution in [2.75, 3.05) is 18.5 Å². The summed E-state index contributed by atoms with van der Waals surface area (Å²) in [6.45, 7) is 3.65. The summed E-state index contributed by atoms with van der Waals surface area (Å²) in [5, 5.41) is 3.19. The molecule has 0 spiro atoms. The Kier molecular flexibility index (Phi) is 8.02. The molecule has 0 saturated heterocycles. The first-order valence-corrected chi connectivity index (χ1v) is 13.9. The third-order valence-corrected chi connectivity index (χ3v) is 8.57. The molecule has 0 radical (unpaired) electrons. The number of esters is 1. The van der Waals surface area contributed by atoms with Gasteiger partial charge in [0.15, 0.2) is 0 Å². The summed E-state index contributed by atoms with van der Waals surface area (Å²) in [6, 6.07) is 20.3. The highest BCUT2D eigenvalue weighted by Crippen LogP contribution is 2.49. The van der Waals surface area contributed by atoms with Gasteiger partial charge in [-0.1, -0.05) is 48.0 Å². The second kappa shape index (κ2) is 11.0. The molecule has 0 unspecified atom stereocenters. The van der Waals surface area contributed by atoms with Gasteiger partial charge >= 0.3 is 5.97 Å². The van der Waals surface area contributed by atoms with E-state index in [0.29, 0.717) is 17.3 Å². The van der Waals surface area contributed by atoms with E-state index in [1.165, 1.54) is 24.3 Å². The van der Waals surface area contributed by atoms with Gasteiger partial charge in [0.1, 0.15) is 0 Å². The van der Waals surface area contributed by atoms with E-state index in [9.17, 15) is 18.0 Å². The number of nitrogens with one attached hydrogen (secondary N) is 1. The number of anilines is 1. The Morgan fingerprint density at radius 3 is 2.24 bits per heavy atom. The standard InChI is InChI=1S/C28H29ClN2O5S/c1-3-36-27(33)28(16-17-28)22-8-12-24(13-9-22)30-26(32)19-31(18-21-7-5-4-6-20(21)2)37(34,35)25-14-10-23(29)11-15-25/h4-15H,3,16-19H2,1-2H3,(H,30,32). The van der Waals surface area contributed by atoms with E-state index in [2.05, 4.69) is 5.32 Å². The number of benzene rings is 3. The van der Waals surface area contributed by atoms with Crippen LogP contribution in [0.3, 0.4) is 0 Å². The van der Waals surface area contributed by atoms with E-state index in [-0.39, 0.29) is 24.0 Å². The van der Waals surface area contributed by atoms with Crippen LogP contribution in [-0.4, -0.2) is 37.8 Å². The fourth-order valence-electron chi connectivity index (χ4n) is 4.20. The molecule has 0 bridgehead atoms. The number of hydrogen-bond acceptors (Lipinski definition) is 5. The van der Waals surface area contributed by atoms with Gasteiger partial charge in [0, 0.05) is 17.3 Å². The molecule has 37 heavy (non-hydrogen) atoms. The van der Waals surface area contributed by atoms with Crippen LogP contribution in [0.25, 0.3) is 0 Å². The predicted molar refractivity (Wildman–Crippen MR) is 143 cm³/mol. The highest BCUT2D eigenvalue weighted by Gasteiger charge is 2.52. The first kappa shape index (κ1) is 26.9. The zero-order valence-electron chi connectivity index (χ0n) is 20.7. The number of rotatable bonds is 10. The maximum absolute atomic E-state index is 13.5. The molecule has 0 atom stereocenters. The van der Waals surface area contributed by atoms with Gasteiger partial charge in [0.05, 0.1) is 23.5 Å².